The van der Waals surface area contributed by atoms with Gasteiger partial charge in [-0.25, -0.2) is 0 Å². The number of amides is 1. The Morgan fingerprint density at radius 2 is 0.561 bits per heavy atom. The molecule has 3 saturated heterocycles. The van der Waals surface area contributed by atoms with Crippen LogP contribution in [0.25, 0.3) is 0 Å². The summed E-state index contributed by atoms with van der Waals surface area (Å²) in [5, 5.41) is 121. The Balaban J connectivity index is 1.31. The molecule has 0 aromatic carbocycles. The number of unbranched alkanes of at least 4 members (excludes halogenated alkanes) is 57. The molecule has 12 N–H and O–H groups in total. The smallest absolute Gasteiger partial charge is 0.220 e. The molecule has 3 heterocycles. The van der Waals surface area contributed by atoms with E-state index in [1.54, 1.807) is 6.08 Å². The van der Waals surface area contributed by atoms with Crippen LogP contribution >= 0.6 is 0 Å². The Labute approximate surface area is 694 Å². The number of aliphatic hydroxyl groups excluding tert-OH is 11. The Hall–Kier alpha value is -2.25. The van der Waals surface area contributed by atoms with Gasteiger partial charge in [-0.15, -0.1) is 0 Å². The van der Waals surface area contributed by atoms with Crippen molar-refractivity contribution < 1.29 is 89.4 Å². The quantitative estimate of drug-likeness (QED) is 0.0199. The van der Waals surface area contributed by atoms with Gasteiger partial charge in [0.25, 0.3) is 0 Å². The second kappa shape index (κ2) is 74.6. The van der Waals surface area contributed by atoms with Crippen molar-refractivity contribution in [2.45, 2.75) is 523 Å². The van der Waals surface area contributed by atoms with Gasteiger partial charge in [0, 0.05) is 6.42 Å². The lowest BCUT2D eigenvalue weighted by Crippen LogP contribution is -2.66. The molecule has 0 radical (unpaired) electrons. The molecule has 0 bridgehead atoms. The second-order valence-corrected chi connectivity index (χ2v) is 34.2. The highest BCUT2D eigenvalue weighted by Crippen LogP contribution is 2.34. The van der Waals surface area contributed by atoms with Gasteiger partial charge in [0.15, 0.2) is 18.9 Å². The minimum Gasteiger partial charge on any atom is -0.394 e. The average Bonchev–Trinajstić information content (AvgIpc) is 0.777. The third kappa shape index (κ3) is 52.2. The van der Waals surface area contributed by atoms with Crippen molar-refractivity contribution in [1.82, 2.24) is 5.32 Å². The van der Waals surface area contributed by atoms with Crippen molar-refractivity contribution >= 4 is 5.91 Å². The topological polar surface area (TPSA) is 307 Å². The predicted molar refractivity (Wildman–Crippen MR) is 462 cm³/mol. The minimum absolute atomic E-state index is 0.236. The number of carbonyl (C=O) groups is 1. The number of nitrogens with one attached hydrogen (secondary N) is 1. The van der Waals surface area contributed by atoms with Crippen LogP contribution in [0.15, 0.2) is 48.6 Å². The van der Waals surface area contributed by atoms with Crippen LogP contribution in [0.5, 0.6) is 0 Å². The van der Waals surface area contributed by atoms with Gasteiger partial charge in [-0.1, -0.05) is 390 Å². The van der Waals surface area contributed by atoms with E-state index in [0.717, 1.165) is 44.9 Å². The number of hydrogen-bond donors (Lipinski definition) is 12. The molecule has 3 aliphatic rings. The molecule has 0 aliphatic carbocycles. The van der Waals surface area contributed by atoms with Crippen LogP contribution in [-0.2, 0) is 33.2 Å². The summed E-state index contributed by atoms with van der Waals surface area (Å²) in [5.41, 5.74) is 0. The molecule has 0 spiro atoms. The van der Waals surface area contributed by atoms with Crippen LogP contribution in [0.2, 0.25) is 0 Å². The fraction of sp³-hybridized carbons (Fsp3) is 0.905. The van der Waals surface area contributed by atoms with Crippen molar-refractivity contribution in [2.24, 2.45) is 0 Å². The first-order valence-corrected chi connectivity index (χ1v) is 47.9. The molecule has 19 heteroatoms. The van der Waals surface area contributed by atoms with Crippen molar-refractivity contribution in [3.8, 4) is 0 Å². The van der Waals surface area contributed by atoms with Crippen LogP contribution in [0.3, 0.4) is 0 Å². The highest BCUT2D eigenvalue weighted by atomic mass is 16.8. The van der Waals surface area contributed by atoms with E-state index in [2.05, 4.69) is 55.6 Å². The molecular weight excluding hydrogens is 1440 g/mol. The largest absolute Gasteiger partial charge is 0.394 e. The molecule has 17 atom stereocenters. The zero-order valence-corrected chi connectivity index (χ0v) is 72.6. The van der Waals surface area contributed by atoms with Crippen LogP contribution in [0.1, 0.15) is 418 Å². The number of allylic oxidation sites excluding steroid dienone is 7. The summed E-state index contributed by atoms with van der Waals surface area (Å²) < 4.78 is 34.5. The molecule has 3 fully saturated rings. The fourth-order valence-electron chi connectivity index (χ4n) is 16.2. The first-order valence-electron chi connectivity index (χ1n) is 47.9. The number of ether oxygens (including phenoxy) is 6. The van der Waals surface area contributed by atoms with E-state index in [9.17, 15) is 61.0 Å². The third-order valence-corrected chi connectivity index (χ3v) is 23.8. The van der Waals surface area contributed by atoms with E-state index >= 15 is 0 Å². The highest BCUT2D eigenvalue weighted by Gasteiger charge is 2.54. The Morgan fingerprint density at radius 1 is 0.307 bits per heavy atom. The molecule has 0 aromatic heterocycles. The first-order chi connectivity index (χ1) is 55.8. The molecule has 0 aromatic rings. The molecule has 17 unspecified atom stereocenters. The average molecular weight is 1620 g/mol. The molecular formula is C95H177NO18. The number of aliphatic hydroxyl groups is 11. The van der Waals surface area contributed by atoms with Gasteiger partial charge in [0.2, 0.25) is 5.91 Å². The van der Waals surface area contributed by atoms with Gasteiger partial charge in [-0.3, -0.25) is 4.79 Å². The third-order valence-electron chi connectivity index (χ3n) is 23.8. The van der Waals surface area contributed by atoms with Gasteiger partial charge in [-0.2, -0.15) is 0 Å². The predicted octanol–water partition coefficient (Wildman–Crippen LogP) is 19.1. The summed E-state index contributed by atoms with van der Waals surface area (Å²) in [6, 6.07) is -0.999. The fourth-order valence-corrected chi connectivity index (χ4v) is 16.2. The maximum absolute atomic E-state index is 13.5. The van der Waals surface area contributed by atoms with E-state index < -0.39 is 124 Å². The summed E-state index contributed by atoms with van der Waals surface area (Å²) in [5.74, 6) is -0.281. The van der Waals surface area contributed by atoms with Gasteiger partial charge in [0.1, 0.15) is 73.2 Å². The van der Waals surface area contributed by atoms with Crippen molar-refractivity contribution in [3.05, 3.63) is 48.6 Å². The van der Waals surface area contributed by atoms with E-state index in [1.165, 1.54) is 340 Å². The van der Waals surface area contributed by atoms with E-state index in [4.69, 9.17) is 28.4 Å². The molecule has 19 nitrogen and oxygen atoms in total. The molecule has 3 rings (SSSR count). The lowest BCUT2D eigenvalue weighted by atomic mass is 9.96. The van der Waals surface area contributed by atoms with Crippen molar-refractivity contribution in [3.63, 3.8) is 0 Å². The van der Waals surface area contributed by atoms with Gasteiger partial charge in [-0.05, 0) is 70.6 Å². The first kappa shape index (κ1) is 106. The van der Waals surface area contributed by atoms with Crippen molar-refractivity contribution in [1.29, 1.82) is 0 Å². The van der Waals surface area contributed by atoms with Gasteiger partial charge in [0.05, 0.1) is 38.6 Å². The molecule has 1 amide bonds. The zero-order chi connectivity index (χ0) is 82.4. The summed E-state index contributed by atoms with van der Waals surface area (Å²) >= 11 is 0. The van der Waals surface area contributed by atoms with Crippen LogP contribution in [-0.4, -0.2) is 193 Å². The monoisotopic (exact) mass is 1620 g/mol. The van der Waals surface area contributed by atoms with Gasteiger partial charge < -0.3 is 89.9 Å². The maximum Gasteiger partial charge on any atom is 0.220 e. The lowest BCUT2D eigenvalue weighted by molar-refractivity contribution is -0.379. The van der Waals surface area contributed by atoms with Crippen molar-refractivity contribution in [2.75, 3.05) is 26.4 Å². The maximum atomic E-state index is 13.5. The number of rotatable bonds is 79. The zero-order valence-electron chi connectivity index (χ0n) is 72.6. The Bertz CT molecular complexity index is 2240. The number of carbonyl (C=O) groups excluding carboxylic acids is 1. The van der Waals surface area contributed by atoms with E-state index in [0.29, 0.717) is 12.8 Å². The normalized spacial score (nSPS) is 24.9. The van der Waals surface area contributed by atoms with Crippen LogP contribution < -0.4 is 5.32 Å². The van der Waals surface area contributed by atoms with E-state index in [-0.39, 0.29) is 18.9 Å². The molecule has 114 heavy (non-hydrogen) atoms. The summed E-state index contributed by atoms with van der Waals surface area (Å²) in [7, 11) is 0. The minimum atomic E-state index is -1.98. The standard InChI is InChI=1S/C95H177NO18/c1-3-5-7-9-11-13-15-17-19-21-23-25-27-29-31-33-35-37-38-39-40-41-43-45-47-49-51-53-55-57-59-61-63-65-67-69-71-73-83(101)96-78(79(100)72-70-68-66-64-62-60-58-56-54-52-50-48-46-44-42-36-34-32-30-28-26-24-22-20-18-16-14-12-10-8-6-4-2)77-109-93-89(107)86(104)91(81(75-98)111-93)114-95-90(108)87(105)92(82(76-99)112-95)113-94-88(106)85(103)84(102)80(74-97)110-94/h21,23,54,56,62,64,70,72,78-82,84-95,97-100,102-108H,3-20,22,24-53,55,57-61,63,65-69,71,73-77H2,1-2H3,(H,96,101)/b23-21-,56-54+,64-62+,72-70+. The summed E-state index contributed by atoms with van der Waals surface area (Å²) in [6.07, 6.45) is 71.5. The Kier molecular flexibility index (Phi) is 69.3. The number of hydrogen-bond acceptors (Lipinski definition) is 18. The molecule has 670 valence electrons. The Morgan fingerprint density at radius 3 is 0.877 bits per heavy atom. The SMILES string of the molecule is CCCCCCCCCC/C=C\CCCCCCCCCCCCCCCCCCCCCCCCCCCC(=O)NC(COC1OC(CO)C(OC2OC(CO)C(OC3OC(CO)C(O)C(O)C3O)C(O)C2O)C(O)C1O)C(O)/C=C/CC/C=C/CC/C=C/CCCCCCCCCCCCCCCCCCCCCCCC. The van der Waals surface area contributed by atoms with Gasteiger partial charge >= 0.3 is 0 Å². The van der Waals surface area contributed by atoms with Crippen LogP contribution in [0.4, 0.5) is 0 Å². The highest BCUT2D eigenvalue weighted by molar-refractivity contribution is 5.76. The van der Waals surface area contributed by atoms with E-state index in [1.807, 2.05) is 6.08 Å². The second-order valence-electron chi connectivity index (χ2n) is 34.2. The lowest BCUT2D eigenvalue weighted by Gasteiger charge is -2.48. The summed E-state index contributed by atoms with van der Waals surface area (Å²) in [4.78, 5) is 13.5. The molecule has 3 aliphatic heterocycles. The van der Waals surface area contributed by atoms with Crippen LogP contribution in [0, 0.1) is 0 Å². The summed E-state index contributed by atoms with van der Waals surface area (Å²) in [6.45, 7) is 1.78. The molecule has 0 saturated carbocycles.